The SMILES string of the molecule is CC(C)(C)[Si](C)(C)O/C=C1/CC(=CCP(=O)(c2ccccc2)c2ccccc2)C/C(=C\O[Si](C)(C)C(C)(C)C)C1. The summed E-state index contributed by atoms with van der Waals surface area (Å²) in [7, 11) is -6.68. The van der Waals surface area contributed by atoms with Crippen LogP contribution < -0.4 is 10.6 Å². The predicted molar refractivity (Wildman–Crippen MR) is 179 cm³/mol. The van der Waals surface area contributed by atoms with Crippen molar-refractivity contribution < 1.29 is 13.4 Å². The van der Waals surface area contributed by atoms with Gasteiger partial charge in [0, 0.05) is 16.8 Å². The zero-order chi connectivity index (χ0) is 29.8. The third kappa shape index (κ3) is 8.02. The molecule has 3 nitrogen and oxygen atoms in total. The van der Waals surface area contributed by atoms with Gasteiger partial charge in [-0.05, 0) is 66.7 Å². The normalized spacial score (nSPS) is 18.8. The van der Waals surface area contributed by atoms with Crippen molar-refractivity contribution in [3.05, 3.63) is 96.0 Å². The second kappa shape index (κ2) is 12.4. The van der Waals surface area contributed by atoms with Crippen LogP contribution in [0.25, 0.3) is 0 Å². The highest BCUT2D eigenvalue weighted by molar-refractivity contribution is 7.78. The van der Waals surface area contributed by atoms with E-state index in [9.17, 15) is 4.57 Å². The van der Waals surface area contributed by atoms with Crippen molar-refractivity contribution in [3.63, 3.8) is 0 Å². The summed E-state index contributed by atoms with van der Waals surface area (Å²) < 4.78 is 27.7. The Balaban J connectivity index is 1.97. The molecule has 0 amide bonds. The Morgan fingerprint density at radius 2 is 1.00 bits per heavy atom. The van der Waals surface area contributed by atoms with E-state index in [0.29, 0.717) is 6.16 Å². The molecular weight excluding hydrogens is 544 g/mol. The second-order valence-electron chi connectivity index (χ2n) is 14.3. The Kier molecular flexibility index (Phi) is 10.1. The highest BCUT2D eigenvalue weighted by Gasteiger charge is 2.39. The minimum absolute atomic E-state index is 0.138. The molecule has 1 aliphatic rings. The van der Waals surface area contributed by atoms with Crippen molar-refractivity contribution in [2.75, 3.05) is 6.16 Å². The van der Waals surface area contributed by atoms with Gasteiger partial charge in [-0.1, -0.05) is 114 Å². The predicted octanol–water partition coefficient (Wildman–Crippen LogP) is 9.92. The first kappa shape index (κ1) is 32.4. The summed E-state index contributed by atoms with van der Waals surface area (Å²) in [6, 6.07) is 19.9. The monoisotopic (exact) mass is 594 g/mol. The van der Waals surface area contributed by atoms with Gasteiger partial charge in [0.25, 0.3) is 0 Å². The second-order valence-corrected chi connectivity index (χ2v) is 26.7. The van der Waals surface area contributed by atoms with Crippen LogP contribution in [0.4, 0.5) is 0 Å². The molecular formula is C34H51O3PSi2. The molecule has 0 atom stereocenters. The molecule has 0 aliphatic heterocycles. The Morgan fingerprint density at radius 3 is 1.35 bits per heavy atom. The third-order valence-electron chi connectivity index (χ3n) is 9.00. The Morgan fingerprint density at radius 1 is 0.650 bits per heavy atom. The summed E-state index contributed by atoms with van der Waals surface area (Å²) in [5.41, 5.74) is 3.82. The molecule has 0 bridgehead atoms. The number of hydrogen-bond donors (Lipinski definition) is 0. The molecule has 0 unspecified atom stereocenters. The van der Waals surface area contributed by atoms with Crippen molar-refractivity contribution >= 4 is 34.4 Å². The van der Waals surface area contributed by atoms with Crippen LogP contribution in [0.5, 0.6) is 0 Å². The van der Waals surface area contributed by atoms with Crippen LogP contribution in [-0.2, 0) is 13.4 Å². The molecule has 0 heterocycles. The third-order valence-corrected chi connectivity index (χ3v) is 20.6. The first-order valence-electron chi connectivity index (χ1n) is 14.5. The van der Waals surface area contributed by atoms with E-state index in [4.69, 9.17) is 8.85 Å². The summed E-state index contributed by atoms with van der Waals surface area (Å²) in [4.78, 5) is 0. The number of rotatable bonds is 8. The number of allylic oxidation sites excluding steroid dienone is 4. The maximum atomic E-state index is 14.6. The van der Waals surface area contributed by atoms with E-state index >= 15 is 0 Å². The lowest BCUT2D eigenvalue weighted by Gasteiger charge is -2.36. The van der Waals surface area contributed by atoms with Crippen LogP contribution in [0.3, 0.4) is 0 Å². The fraction of sp³-hybridized carbons (Fsp3) is 0.471. The molecule has 0 spiro atoms. The van der Waals surface area contributed by atoms with E-state index in [-0.39, 0.29) is 10.1 Å². The standard InChI is InChI=1S/C34H51O3PSi2/c1-33(2,3)39(7,8)36-26-29-23-28(24-30(25-29)27-37-40(9,10)34(4,5)6)21-22-38(35,31-17-13-11-14-18-31)32-19-15-12-16-20-32/h11-21,26-27H,22-25H2,1-10H3/b28-21?,29-26-,30-27+. The first-order chi connectivity index (χ1) is 18.4. The fourth-order valence-electron chi connectivity index (χ4n) is 4.14. The van der Waals surface area contributed by atoms with Crippen molar-refractivity contribution in [1.29, 1.82) is 0 Å². The Bertz CT molecular complexity index is 1190. The summed E-state index contributed by atoms with van der Waals surface area (Å²) in [6.45, 7) is 22.8. The molecule has 6 heteroatoms. The molecule has 0 aromatic heterocycles. The van der Waals surface area contributed by atoms with Crippen LogP contribution in [0, 0.1) is 0 Å². The van der Waals surface area contributed by atoms with E-state index in [1.54, 1.807) is 0 Å². The van der Waals surface area contributed by atoms with E-state index in [1.807, 2.05) is 73.2 Å². The van der Waals surface area contributed by atoms with Crippen LogP contribution in [0.1, 0.15) is 60.8 Å². The van der Waals surface area contributed by atoms with Gasteiger partial charge in [-0.25, -0.2) is 0 Å². The largest absolute Gasteiger partial charge is 0.549 e. The van der Waals surface area contributed by atoms with Gasteiger partial charge >= 0.3 is 0 Å². The molecule has 40 heavy (non-hydrogen) atoms. The van der Waals surface area contributed by atoms with Crippen LogP contribution in [0.15, 0.2) is 96.0 Å². The minimum Gasteiger partial charge on any atom is -0.549 e. The van der Waals surface area contributed by atoms with Gasteiger partial charge in [0.2, 0.25) is 16.6 Å². The number of hydrogen-bond acceptors (Lipinski definition) is 3. The molecule has 0 saturated heterocycles. The zero-order valence-corrected chi connectivity index (χ0v) is 29.4. The molecule has 0 N–H and O–H groups in total. The molecule has 218 valence electrons. The van der Waals surface area contributed by atoms with E-state index < -0.39 is 23.8 Å². The van der Waals surface area contributed by atoms with Crippen molar-refractivity contribution in [1.82, 2.24) is 0 Å². The average molecular weight is 595 g/mol. The molecule has 2 aromatic rings. The number of benzene rings is 2. The Hall–Kier alpha value is -2.08. The zero-order valence-electron chi connectivity index (χ0n) is 26.5. The van der Waals surface area contributed by atoms with E-state index in [2.05, 4.69) is 73.8 Å². The summed E-state index contributed by atoms with van der Waals surface area (Å²) in [5, 5.41) is 2.09. The van der Waals surface area contributed by atoms with Crippen LogP contribution >= 0.6 is 7.14 Å². The highest BCUT2D eigenvalue weighted by atomic mass is 31.2. The lowest BCUT2D eigenvalue weighted by atomic mass is 9.87. The van der Waals surface area contributed by atoms with Crippen LogP contribution in [0.2, 0.25) is 36.3 Å². The van der Waals surface area contributed by atoms with Crippen LogP contribution in [-0.4, -0.2) is 22.8 Å². The van der Waals surface area contributed by atoms with Crippen molar-refractivity contribution in [2.45, 2.75) is 97.1 Å². The minimum atomic E-state index is -2.82. The molecule has 1 aliphatic carbocycles. The summed E-state index contributed by atoms with van der Waals surface area (Å²) >= 11 is 0. The summed E-state index contributed by atoms with van der Waals surface area (Å²) in [6.07, 6.45) is 9.36. The Labute approximate surface area is 246 Å². The fourth-order valence-corrected chi connectivity index (χ4v) is 8.32. The highest BCUT2D eigenvalue weighted by Crippen LogP contribution is 2.45. The molecule has 2 aromatic carbocycles. The van der Waals surface area contributed by atoms with Gasteiger partial charge in [0.05, 0.1) is 12.5 Å². The van der Waals surface area contributed by atoms with Crippen molar-refractivity contribution in [3.8, 4) is 0 Å². The first-order valence-corrected chi connectivity index (χ1v) is 22.3. The topological polar surface area (TPSA) is 35.5 Å². The van der Waals surface area contributed by atoms with Gasteiger partial charge < -0.3 is 13.4 Å². The van der Waals surface area contributed by atoms with Gasteiger partial charge in [-0.15, -0.1) is 0 Å². The molecule has 1 fully saturated rings. The smallest absolute Gasteiger partial charge is 0.249 e. The summed E-state index contributed by atoms with van der Waals surface area (Å²) in [5.74, 6) is 0. The quantitative estimate of drug-likeness (QED) is 0.132. The lowest BCUT2D eigenvalue weighted by Crippen LogP contribution is -2.39. The van der Waals surface area contributed by atoms with E-state index in [0.717, 1.165) is 29.9 Å². The van der Waals surface area contributed by atoms with Gasteiger partial charge in [0.1, 0.15) is 7.14 Å². The molecule has 0 radical (unpaired) electrons. The average Bonchev–Trinajstić information content (AvgIpc) is 2.89. The molecule has 3 rings (SSSR count). The maximum absolute atomic E-state index is 14.6. The van der Waals surface area contributed by atoms with Crippen molar-refractivity contribution in [2.24, 2.45) is 0 Å². The molecule has 1 saturated carbocycles. The van der Waals surface area contributed by atoms with Gasteiger partial charge in [-0.2, -0.15) is 0 Å². The van der Waals surface area contributed by atoms with Gasteiger partial charge in [0.15, 0.2) is 0 Å². The van der Waals surface area contributed by atoms with E-state index in [1.165, 1.54) is 16.7 Å². The maximum Gasteiger partial charge on any atom is 0.249 e. The van der Waals surface area contributed by atoms with Gasteiger partial charge in [-0.3, -0.25) is 0 Å². The lowest BCUT2D eigenvalue weighted by molar-refractivity contribution is 0.416.